The number of nitrogens with one attached hydrogen (secondary N) is 2. The molecule has 0 spiro atoms. The standard InChI is InChI=1S/C21H28N2O/c1-16(2)19-13-7-9-17(3)21(19)23-20(24)15-22-14-8-12-18-10-5-4-6-11-18/h4-7,9-11,13,16,22H,8,12,14-15H2,1-3H3,(H,23,24). The van der Waals surface area contributed by atoms with Gasteiger partial charge in [0.2, 0.25) is 5.91 Å². The van der Waals surface area contributed by atoms with E-state index >= 15 is 0 Å². The number of para-hydroxylation sites is 1. The largest absolute Gasteiger partial charge is 0.324 e. The van der Waals surface area contributed by atoms with Crippen molar-refractivity contribution >= 4 is 11.6 Å². The topological polar surface area (TPSA) is 41.1 Å². The molecule has 2 N–H and O–H groups in total. The molecule has 0 unspecified atom stereocenters. The van der Waals surface area contributed by atoms with Gasteiger partial charge in [-0.25, -0.2) is 0 Å². The fraction of sp³-hybridized carbons (Fsp3) is 0.381. The molecule has 2 aromatic carbocycles. The average Bonchev–Trinajstić information content (AvgIpc) is 2.57. The molecule has 2 aromatic rings. The van der Waals surface area contributed by atoms with E-state index in [4.69, 9.17) is 0 Å². The van der Waals surface area contributed by atoms with E-state index in [0.717, 1.165) is 30.6 Å². The van der Waals surface area contributed by atoms with Gasteiger partial charge in [-0.15, -0.1) is 0 Å². The minimum absolute atomic E-state index is 0.0194. The molecule has 2 rings (SSSR count). The molecule has 3 heteroatoms. The Morgan fingerprint density at radius 2 is 1.79 bits per heavy atom. The zero-order valence-corrected chi connectivity index (χ0v) is 14.9. The molecular formula is C21H28N2O. The lowest BCUT2D eigenvalue weighted by Gasteiger charge is -2.16. The van der Waals surface area contributed by atoms with Crippen molar-refractivity contribution in [3.8, 4) is 0 Å². The second-order valence-corrected chi connectivity index (χ2v) is 6.51. The summed E-state index contributed by atoms with van der Waals surface area (Å²) in [6, 6.07) is 16.6. The Labute approximate surface area is 145 Å². The van der Waals surface area contributed by atoms with Gasteiger partial charge in [-0.2, -0.15) is 0 Å². The lowest BCUT2D eigenvalue weighted by Crippen LogP contribution is -2.29. The van der Waals surface area contributed by atoms with E-state index in [0.29, 0.717) is 12.5 Å². The highest BCUT2D eigenvalue weighted by Crippen LogP contribution is 2.27. The molecule has 24 heavy (non-hydrogen) atoms. The quantitative estimate of drug-likeness (QED) is 0.712. The molecule has 1 amide bonds. The van der Waals surface area contributed by atoms with Crippen LogP contribution < -0.4 is 10.6 Å². The van der Waals surface area contributed by atoms with Crippen molar-refractivity contribution in [1.29, 1.82) is 0 Å². The molecule has 0 heterocycles. The normalized spacial score (nSPS) is 10.8. The van der Waals surface area contributed by atoms with Gasteiger partial charge in [-0.1, -0.05) is 62.4 Å². The fourth-order valence-electron chi connectivity index (χ4n) is 2.79. The predicted octanol–water partition coefficient (Wildman–Crippen LogP) is 4.28. The van der Waals surface area contributed by atoms with Gasteiger partial charge in [0.05, 0.1) is 6.54 Å². The maximum atomic E-state index is 12.2. The van der Waals surface area contributed by atoms with Crippen molar-refractivity contribution in [2.24, 2.45) is 0 Å². The van der Waals surface area contributed by atoms with Gasteiger partial charge in [0.1, 0.15) is 0 Å². The maximum Gasteiger partial charge on any atom is 0.238 e. The van der Waals surface area contributed by atoms with E-state index in [1.807, 2.05) is 25.1 Å². The Morgan fingerprint density at radius 1 is 1.04 bits per heavy atom. The Bertz CT molecular complexity index is 650. The number of aryl methyl sites for hydroxylation is 2. The molecule has 0 saturated carbocycles. The number of rotatable bonds is 8. The number of benzene rings is 2. The van der Waals surface area contributed by atoms with Crippen molar-refractivity contribution in [3.05, 3.63) is 65.2 Å². The molecule has 0 fully saturated rings. The van der Waals surface area contributed by atoms with Gasteiger partial charge in [0.25, 0.3) is 0 Å². The van der Waals surface area contributed by atoms with Gasteiger partial charge >= 0.3 is 0 Å². The summed E-state index contributed by atoms with van der Waals surface area (Å²) in [5.74, 6) is 0.407. The minimum atomic E-state index is 0.0194. The monoisotopic (exact) mass is 324 g/mol. The average molecular weight is 324 g/mol. The van der Waals surface area contributed by atoms with E-state index in [1.54, 1.807) is 0 Å². The van der Waals surface area contributed by atoms with Crippen LogP contribution in [-0.4, -0.2) is 19.0 Å². The summed E-state index contributed by atoms with van der Waals surface area (Å²) in [6.07, 6.45) is 2.06. The van der Waals surface area contributed by atoms with E-state index in [2.05, 4.69) is 54.8 Å². The van der Waals surface area contributed by atoms with Crippen LogP contribution in [0.3, 0.4) is 0 Å². The molecular weight excluding hydrogens is 296 g/mol. The lowest BCUT2D eigenvalue weighted by atomic mass is 9.98. The minimum Gasteiger partial charge on any atom is -0.324 e. The van der Waals surface area contributed by atoms with Crippen molar-refractivity contribution in [1.82, 2.24) is 5.32 Å². The van der Waals surface area contributed by atoms with Gasteiger partial charge < -0.3 is 10.6 Å². The van der Waals surface area contributed by atoms with Gasteiger partial charge in [-0.3, -0.25) is 4.79 Å². The molecule has 128 valence electrons. The van der Waals surface area contributed by atoms with Crippen LogP contribution in [0.2, 0.25) is 0 Å². The molecule has 0 bridgehead atoms. The first-order chi connectivity index (χ1) is 11.6. The lowest BCUT2D eigenvalue weighted by molar-refractivity contribution is -0.115. The molecule has 3 nitrogen and oxygen atoms in total. The van der Waals surface area contributed by atoms with Crippen LogP contribution in [0, 0.1) is 6.92 Å². The first-order valence-corrected chi connectivity index (χ1v) is 8.72. The molecule has 0 aliphatic heterocycles. The highest BCUT2D eigenvalue weighted by Gasteiger charge is 2.11. The fourth-order valence-corrected chi connectivity index (χ4v) is 2.79. The molecule has 0 saturated heterocycles. The van der Waals surface area contributed by atoms with Crippen LogP contribution in [0.1, 0.15) is 42.9 Å². The molecule has 0 atom stereocenters. The number of carbonyl (C=O) groups excluding carboxylic acids is 1. The summed E-state index contributed by atoms with van der Waals surface area (Å²) in [5, 5.41) is 6.30. The number of carbonyl (C=O) groups is 1. The Hall–Kier alpha value is -2.13. The first kappa shape index (κ1) is 18.2. The van der Waals surface area contributed by atoms with Crippen LogP contribution in [-0.2, 0) is 11.2 Å². The third-order valence-corrected chi connectivity index (χ3v) is 4.14. The van der Waals surface area contributed by atoms with Crippen molar-refractivity contribution in [3.63, 3.8) is 0 Å². The Kier molecular flexibility index (Phi) is 7.01. The van der Waals surface area contributed by atoms with E-state index in [-0.39, 0.29) is 5.91 Å². The van der Waals surface area contributed by atoms with Crippen molar-refractivity contribution < 1.29 is 4.79 Å². The number of anilines is 1. The summed E-state index contributed by atoms with van der Waals surface area (Å²) in [4.78, 5) is 12.2. The first-order valence-electron chi connectivity index (χ1n) is 8.72. The second-order valence-electron chi connectivity index (χ2n) is 6.51. The smallest absolute Gasteiger partial charge is 0.238 e. The zero-order valence-electron chi connectivity index (χ0n) is 14.9. The van der Waals surface area contributed by atoms with Crippen LogP contribution >= 0.6 is 0 Å². The number of hydrogen-bond donors (Lipinski definition) is 2. The van der Waals surface area contributed by atoms with E-state index in [1.165, 1.54) is 11.1 Å². The van der Waals surface area contributed by atoms with Gasteiger partial charge in [0.15, 0.2) is 0 Å². The number of amides is 1. The summed E-state index contributed by atoms with van der Waals surface area (Å²) in [6.45, 7) is 7.51. The highest BCUT2D eigenvalue weighted by molar-refractivity contribution is 5.93. The van der Waals surface area contributed by atoms with Gasteiger partial charge in [-0.05, 0) is 48.9 Å². The zero-order chi connectivity index (χ0) is 17.4. The van der Waals surface area contributed by atoms with Crippen LogP contribution in [0.25, 0.3) is 0 Å². The van der Waals surface area contributed by atoms with Crippen LogP contribution in [0.4, 0.5) is 5.69 Å². The van der Waals surface area contributed by atoms with E-state index in [9.17, 15) is 4.79 Å². The summed E-state index contributed by atoms with van der Waals surface area (Å²) in [7, 11) is 0. The van der Waals surface area contributed by atoms with Crippen molar-refractivity contribution in [2.75, 3.05) is 18.4 Å². The maximum absolute atomic E-state index is 12.2. The summed E-state index contributed by atoms with van der Waals surface area (Å²) < 4.78 is 0. The molecule has 0 radical (unpaired) electrons. The molecule has 0 aromatic heterocycles. The number of hydrogen-bond acceptors (Lipinski definition) is 2. The van der Waals surface area contributed by atoms with Crippen molar-refractivity contribution in [2.45, 2.75) is 39.5 Å². The molecule has 0 aliphatic rings. The molecule has 0 aliphatic carbocycles. The predicted molar refractivity (Wildman–Crippen MR) is 102 cm³/mol. The summed E-state index contributed by atoms with van der Waals surface area (Å²) in [5.41, 5.74) is 4.60. The van der Waals surface area contributed by atoms with Crippen LogP contribution in [0.15, 0.2) is 48.5 Å². The second kappa shape index (κ2) is 9.24. The SMILES string of the molecule is Cc1cccc(C(C)C)c1NC(=O)CNCCCc1ccccc1. The third kappa shape index (κ3) is 5.50. The highest BCUT2D eigenvalue weighted by atomic mass is 16.1. The van der Waals surface area contributed by atoms with Crippen LogP contribution in [0.5, 0.6) is 0 Å². The summed E-state index contributed by atoms with van der Waals surface area (Å²) >= 11 is 0. The van der Waals surface area contributed by atoms with Gasteiger partial charge in [0, 0.05) is 5.69 Å². The van der Waals surface area contributed by atoms with E-state index < -0.39 is 0 Å². The Balaban J connectivity index is 1.76. The Morgan fingerprint density at radius 3 is 2.50 bits per heavy atom. The third-order valence-electron chi connectivity index (χ3n) is 4.14.